The van der Waals surface area contributed by atoms with E-state index in [0.29, 0.717) is 43.0 Å². The first-order chi connectivity index (χ1) is 16.6. The number of nitrogens with zero attached hydrogens (tertiary/aromatic N) is 4. The van der Waals surface area contributed by atoms with Crippen molar-refractivity contribution in [3.63, 3.8) is 0 Å². The summed E-state index contributed by atoms with van der Waals surface area (Å²) >= 11 is 0. The molecular formula is C25H25F3N4O3. The third-order valence-electron chi connectivity index (χ3n) is 6.79. The summed E-state index contributed by atoms with van der Waals surface area (Å²) in [5, 5.41) is 0. The van der Waals surface area contributed by atoms with E-state index >= 15 is 0 Å². The van der Waals surface area contributed by atoms with Gasteiger partial charge in [-0.1, -0.05) is 19.1 Å². The molecule has 184 valence electrons. The third kappa shape index (κ3) is 4.50. The largest absolute Gasteiger partial charge is 0.416 e. The van der Waals surface area contributed by atoms with Crippen LogP contribution in [0.5, 0.6) is 0 Å². The molecule has 3 atom stereocenters. The van der Waals surface area contributed by atoms with Crippen molar-refractivity contribution in [3.8, 4) is 5.69 Å². The number of hydrogen-bond acceptors (Lipinski definition) is 4. The van der Waals surface area contributed by atoms with Crippen LogP contribution in [0.4, 0.5) is 13.2 Å². The van der Waals surface area contributed by atoms with Crippen LogP contribution in [0.3, 0.4) is 0 Å². The number of hydrogen-bond donors (Lipinski definition) is 0. The Morgan fingerprint density at radius 2 is 1.86 bits per heavy atom. The number of halogens is 3. The lowest BCUT2D eigenvalue weighted by Crippen LogP contribution is -2.47. The second-order valence-electron chi connectivity index (χ2n) is 9.26. The highest BCUT2D eigenvalue weighted by molar-refractivity contribution is 5.93. The number of pyridine rings is 1. The van der Waals surface area contributed by atoms with E-state index in [4.69, 9.17) is 4.74 Å². The van der Waals surface area contributed by atoms with Crippen LogP contribution in [0.25, 0.3) is 5.69 Å². The number of benzene rings is 1. The number of aromatic nitrogens is 3. The van der Waals surface area contributed by atoms with E-state index in [1.54, 1.807) is 28.1 Å². The molecule has 0 bridgehead atoms. The molecule has 5 rings (SSSR count). The van der Waals surface area contributed by atoms with Gasteiger partial charge >= 0.3 is 6.18 Å². The number of amides is 1. The van der Waals surface area contributed by atoms with Gasteiger partial charge < -0.3 is 18.8 Å². The molecule has 2 aromatic heterocycles. The van der Waals surface area contributed by atoms with Crippen LogP contribution in [0.2, 0.25) is 0 Å². The Morgan fingerprint density at radius 1 is 1.11 bits per heavy atom. The maximum Gasteiger partial charge on any atom is 0.416 e. The quantitative estimate of drug-likeness (QED) is 0.560. The molecule has 0 unspecified atom stereocenters. The Hall–Kier alpha value is -3.40. The fourth-order valence-electron chi connectivity index (χ4n) is 4.79. The number of aryl methyl sites for hydroxylation is 1. The fraction of sp³-hybridized carbons (Fsp3) is 0.400. The summed E-state index contributed by atoms with van der Waals surface area (Å²) in [6.07, 6.45) is -0.937. The average molecular weight is 486 g/mol. The highest BCUT2D eigenvalue weighted by atomic mass is 19.4. The molecule has 7 nitrogen and oxygen atoms in total. The lowest BCUT2D eigenvalue weighted by molar-refractivity contribution is -0.137. The molecule has 1 amide bonds. The van der Waals surface area contributed by atoms with Crippen molar-refractivity contribution in [2.24, 2.45) is 5.92 Å². The van der Waals surface area contributed by atoms with Gasteiger partial charge in [0.05, 0.1) is 35.5 Å². The Kier molecular flexibility index (Phi) is 5.79. The van der Waals surface area contributed by atoms with Gasteiger partial charge in [-0.3, -0.25) is 9.59 Å². The molecule has 1 saturated heterocycles. The van der Waals surface area contributed by atoms with Crippen molar-refractivity contribution in [1.82, 2.24) is 19.0 Å². The minimum absolute atomic E-state index is 0.111. The van der Waals surface area contributed by atoms with Gasteiger partial charge in [0.25, 0.3) is 11.5 Å². The molecule has 1 fully saturated rings. The maximum absolute atomic E-state index is 13.3. The van der Waals surface area contributed by atoms with E-state index in [1.165, 1.54) is 22.8 Å². The zero-order valence-electron chi connectivity index (χ0n) is 19.3. The number of carbonyl (C=O) groups excluding carboxylic acids is 1. The van der Waals surface area contributed by atoms with Gasteiger partial charge in [0.15, 0.2) is 0 Å². The highest BCUT2D eigenvalue weighted by Crippen LogP contribution is 2.38. The number of ether oxygens (including phenoxy) is 1. The molecule has 0 saturated carbocycles. The second-order valence-corrected chi connectivity index (χ2v) is 9.26. The van der Waals surface area contributed by atoms with Crippen LogP contribution in [-0.4, -0.2) is 44.1 Å². The number of imidazole rings is 1. The molecule has 3 aromatic rings. The molecule has 0 spiro atoms. The monoisotopic (exact) mass is 486 g/mol. The highest BCUT2D eigenvalue weighted by Gasteiger charge is 2.37. The third-order valence-corrected chi connectivity index (χ3v) is 6.79. The molecule has 0 radical (unpaired) electrons. The van der Waals surface area contributed by atoms with Crippen molar-refractivity contribution in [2.45, 2.75) is 45.2 Å². The van der Waals surface area contributed by atoms with Gasteiger partial charge in [-0.15, -0.1) is 0 Å². The van der Waals surface area contributed by atoms with Crippen molar-refractivity contribution in [1.29, 1.82) is 0 Å². The molecule has 10 heteroatoms. The predicted octanol–water partition coefficient (Wildman–Crippen LogP) is 3.98. The lowest BCUT2D eigenvalue weighted by Gasteiger charge is -2.32. The van der Waals surface area contributed by atoms with E-state index in [1.807, 2.05) is 13.8 Å². The zero-order valence-corrected chi connectivity index (χ0v) is 19.3. The Morgan fingerprint density at radius 3 is 2.51 bits per heavy atom. The first-order valence-electron chi connectivity index (χ1n) is 11.5. The number of rotatable bonds is 4. The smallest absolute Gasteiger partial charge is 0.368 e. The molecule has 2 aliphatic heterocycles. The van der Waals surface area contributed by atoms with Crippen molar-refractivity contribution >= 4 is 5.91 Å². The SMILES string of the molecule is Cc1cn(-c2cc3n(c(=O)c2)CCN(C[C@H]2O[C@@H](c4ccc(C(F)(F)F)cc4)C[C@@H]2C)C3=O)cn1. The van der Waals surface area contributed by atoms with Gasteiger partial charge in [-0.05, 0) is 43.0 Å². The van der Waals surface area contributed by atoms with E-state index in [9.17, 15) is 22.8 Å². The minimum atomic E-state index is -4.38. The minimum Gasteiger partial charge on any atom is -0.368 e. The van der Waals surface area contributed by atoms with Crippen LogP contribution >= 0.6 is 0 Å². The van der Waals surface area contributed by atoms with Crippen LogP contribution < -0.4 is 5.56 Å². The van der Waals surface area contributed by atoms with Gasteiger partial charge in [0.2, 0.25) is 0 Å². The van der Waals surface area contributed by atoms with Gasteiger partial charge in [-0.2, -0.15) is 13.2 Å². The first-order valence-corrected chi connectivity index (χ1v) is 11.5. The standard InChI is InChI=1S/C25H25F3N4O3/c1-15-9-21(17-3-5-18(6-4-17)25(26,27)28)35-22(15)13-30-7-8-32-20(24(30)34)10-19(11-23(32)33)31-12-16(2)29-14-31/h3-6,10-12,14-15,21-22H,7-9,13H2,1-2H3/t15-,21+,22+/m0/s1. The van der Waals surface area contributed by atoms with Gasteiger partial charge in [0, 0.05) is 31.9 Å². The Bertz CT molecular complexity index is 1310. The summed E-state index contributed by atoms with van der Waals surface area (Å²) in [4.78, 5) is 31.8. The normalized spacial score (nSPS) is 22.5. The molecule has 4 heterocycles. The number of fused-ring (bicyclic) bond motifs is 1. The summed E-state index contributed by atoms with van der Waals surface area (Å²) in [5.74, 6) is -0.139. The van der Waals surface area contributed by atoms with Crippen molar-refractivity contribution in [2.75, 3.05) is 13.1 Å². The summed E-state index contributed by atoms with van der Waals surface area (Å²) in [6, 6.07) is 8.23. The molecular weight excluding hydrogens is 461 g/mol. The zero-order chi connectivity index (χ0) is 24.9. The first kappa shape index (κ1) is 23.3. The van der Waals surface area contributed by atoms with Crippen molar-refractivity contribution < 1.29 is 22.7 Å². The topological polar surface area (TPSA) is 69.4 Å². The molecule has 1 aromatic carbocycles. The fourth-order valence-corrected chi connectivity index (χ4v) is 4.79. The van der Waals surface area contributed by atoms with Gasteiger partial charge in [0.1, 0.15) is 5.69 Å². The van der Waals surface area contributed by atoms with E-state index in [2.05, 4.69) is 4.98 Å². The van der Waals surface area contributed by atoms with Crippen LogP contribution in [0.15, 0.2) is 53.7 Å². The molecule has 2 aliphatic rings. The van der Waals surface area contributed by atoms with Crippen LogP contribution in [-0.2, 0) is 17.5 Å². The Labute approximate surface area is 199 Å². The predicted molar refractivity (Wildman–Crippen MR) is 121 cm³/mol. The summed E-state index contributed by atoms with van der Waals surface area (Å²) in [6.45, 7) is 4.97. The van der Waals surface area contributed by atoms with Gasteiger partial charge in [-0.25, -0.2) is 4.98 Å². The summed E-state index contributed by atoms with van der Waals surface area (Å²) < 4.78 is 48.0. The maximum atomic E-state index is 13.3. The van der Waals surface area contributed by atoms with Crippen LogP contribution in [0, 0.1) is 12.8 Å². The molecule has 0 N–H and O–H groups in total. The lowest BCUT2D eigenvalue weighted by atomic mass is 9.97. The molecule has 35 heavy (non-hydrogen) atoms. The Balaban J connectivity index is 1.31. The average Bonchev–Trinajstić information content (AvgIpc) is 3.41. The summed E-state index contributed by atoms with van der Waals surface area (Å²) in [7, 11) is 0. The number of alkyl halides is 3. The van der Waals surface area contributed by atoms with E-state index < -0.39 is 11.7 Å². The summed E-state index contributed by atoms with van der Waals surface area (Å²) in [5.41, 5.74) is 1.44. The molecule has 0 aliphatic carbocycles. The second kappa shape index (κ2) is 8.67. The van der Waals surface area contributed by atoms with Crippen molar-refractivity contribution in [3.05, 3.63) is 81.8 Å². The van der Waals surface area contributed by atoms with E-state index in [-0.39, 0.29) is 29.6 Å². The van der Waals surface area contributed by atoms with E-state index in [0.717, 1.165) is 17.8 Å². The number of carbonyl (C=O) groups is 1. The van der Waals surface area contributed by atoms with Crippen LogP contribution in [0.1, 0.15) is 46.8 Å².